The number of ether oxygens (including phenoxy) is 3. The molecule has 0 spiro atoms. The molecule has 1 saturated carbocycles. The van der Waals surface area contributed by atoms with E-state index in [2.05, 4.69) is 4.90 Å². The monoisotopic (exact) mass is 731 g/mol. The van der Waals surface area contributed by atoms with Crippen molar-refractivity contribution in [1.29, 1.82) is 0 Å². The van der Waals surface area contributed by atoms with Gasteiger partial charge >= 0.3 is 24.1 Å². The van der Waals surface area contributed by atoms with Crippen LogP contribution < -0.4 is 0 Å². The molecule has 0 bridgehead atoms. The Hall–Kier alpha value is -3.42. The number of hydrogen-bond acceptors (Lipinski definition) is 10. The van der Waals surface area contributed by atoms with E-state index in [1.165, 1.54) is 43.4 Å². The molecule has 2 saturated heterocycles. The molecule has 7 atom stereocenters. The molecular weight excluding hydrogens is 670 g/mol. The fraction of sp³-hybridized carbons (Fsp3) is 0.744. The highest BCUT2D eigenvalue weighted by molar-refractivity contribution is 5.74. The van der Waals surface area contributed by atoms with Crippen molar-refractivity contribution in [2.45, 2.75) is 122 Å². The number of piperazine rings is 1. The zero-order chi connectivity index (χ0) is 37.8. The number of esters is 1. The van der Waals surface area contributed by atoms with Gasteiger partial charge < -0.3 is 39.3 Å². The van der Waals surface area contributed by atoms with Gasteiger partial charge in [-0.15, -0.1) is 0 Å². The SMILES string of the molecule is C/C(=C\C=C\[C@@H](C)COC(=O)N1CC[C@H](C(=O)O)C1)[C@H]1OC(=O)C[C@@H](O)CC[C@](C)(O)[C@@H](OC(=O)N2CCN(C3CCCCCC3)CC2)/C=C/[C@@H]1C. The van der Waals surface area contributed by atoms with Crippen molar-refractivity contribution in [1.82, 2.24) is 14.7 Å². The number of amides is 2. The number of nitrogens with zero attached hydrogens (tertiary/aromatic N) is 3. The van der Waals surface area contributed by atoms with Gasteiger partial charge in [-0.3, -0.25) is 14.5 Å². The van der Waals surface area contributed by atoms with Crippen LogP contribution in [0, 0.1) is 17.8 Å². The maximum Gasteiger partial charge on any atom is 0.410 e. The van der Waals surface area contributed by atoms with E-state index in [0.717, 1.165) is 18.7 Å². The minimum absolute atomic E-state index is 0.106. The highest BCUT2D eigenvalue weighted by Crippen LogP contribution is 2.28. The molecule has 0 aromatic carbocycles. The summed E-state index contributed by atoms with van der Waals surface area (Å²) in [7, 11) is 0. The number of carboxylic acids is 1. The van der Waals surface area contributed by atoms with Crippen LogP contribution in [-0.4, -0.2) is 130 Å². The van der Waals surface area contributed by atoms with Gasteiger partial charge in [0.1, 0.15) is 11.7 Å². The Kier molecular flexibility index (Phi) is 15.6. The van der Waals surface area contributed by atoms with Gasteiger partial charge in [0.2, 0.25) is 0 Å². The molecule has 3 heterocycles. The Balaban J connectivity index is 1.38. The second-order valence-electron chi connectivity index (χ2n) is 15.5. The predicted octanol–water partition coefficient (Wildman–Crippen LogP) is 4.91. The molecule has 4 aliphatic rings. The Bertz CT molecular complexity index is 1300. The summed E-state index contributed by atoms with van der Waals surface area (Å²) in [4.78, 5) is 55.5. The van der Waals surface area contributed by atoms with E-state index in [0.29, 0.717) is 32.1 Å². The Labute approximate surface area is 308 Å². The summed E-state index contributed by atoms with van der Waals surface area (Å²) in [6.45, 7) is 10.5. The van der Waals surface area contributed by atoms with Gasteiger partial charge in [-0.05, 0) is 57.6 Å². The largest absolute Gasteiger partial charge is 0.481 e. The van der Waals surface area contributed by atoms with Crippen molar-refractivity contribution in [3.05, 3.63) is 36.0 Å². The van der Waals surface area contributed by atoms with Gasteiger partial charge in [0.15, 0.2) is 6.10 Å². The lowest BCUT2D eigenvalue weighted by molar-refractivity contribution is -0.151. The fourth-order valence-electron chi connectivity index (χ4n) is 7.50. The Morgan fingerprint density at radius 3 is 2.35 bits per heavy atom. The van der Waals surface area contributed by atoms with E-state index in [-0.39, 0.29) is 44.2 Å². The van der Waals surface area contributed by atoms with Crippen molar-refractivity contribution in [3.8, 4) is 0 Å². The third-order valence-corrected chi connectivity index (χ3v) is 11.0. The van der Waals surface area contributed by atoms with Crippen LogP contribution in [0.4, 0.5) is 9.59 Å². The first-order chi connectivity index (χ1) is 24.7. The number of carbonyl (C=O) groups excluding carboxylic acids is 3. The van der Waals surface area contributed by atoms with Gasteiger partial charge in [0.25, 0.3) is 0 Å². The average molecular weight is 732 g/mol. The molecule has 13 heteroatoms. The molecule has 0 radical (unpaired) electrons. The second-order valence-corrected chi connectivity index (χ2v) is 15.5. The lowest BCUT2D eigenvalue weighted by Gasteiger charge is -2.40. The van der Waals surface area contributed by atoms with E-state index in [1.807, 2.05) is 32.9 Å². The lowest BCUT2D eigenvalue weighted by atomic mass is 9.89. The summed E-state index contributed by atoms with van der Waals surface area (Å²) in [5.74, 6) is -2.57. The predicted molar refractivity (Wildman–Crippen MR) is 194 cm³/mol. The molecule has 2 amide bonds. The lowest BCUT2D eigenvalue weighted by Crippen LogP contribution is -2.53. The number of aliphatic hydroxyl groups is 2. The van der Waals surface area contributed by atoms with Crippen molar-refractivity contribution >= 4 is 24.1 Å². The molecule has 3 fully saturated rings. The van der Waals surface area contributed by atoms with Gasteiger partial charge in [-0.1, -0.05) is 63.8 Å². The zero-order valence-corrected chi connectivity index (χ0v) is 31.5. The van der Waals surface area contributed by atoms with Crippen molar-refractivity contribution in [2.75, 3.05) is 45.9 Å². The normalized spacial score (nSPS) is 31.9. The minimum atomic E-state index is -1.49. The van der Waals surface area contributed by atoms with E-state index < -0.39 is 54.0 Å². The molecule has 0 aromatic heterocycles. The molecule has 292 valence electrons. The van der Waals surface area contributed by atoms with Crippen LogP contribution in [-0.2, 0) is 23.8 Å². The van der Waals surface area contributed by atoms with Crippen LogP contribution in [0.5, 0.6) is 0 Å². The van der Waals surface area contributed by atoms with Crippen LogP contribution in [0.15, 0.2) is 36.0 Å². The summed E-state index contributed by atoms with van der Waals surface area (Å²) < 4.78 is 17.2. The molecule has 0 aromatic rings. The van der Waals surface area contributed by atoms with Crippen molar-refractivity contribution in [2.24, 2.45) is 17.8 Å². The molecule has 1 aliphatic carbocycles. The van der Waals surface area contributed by atoms with E-state index >= 15 is 0 Å². The molecule has 3 N–H and O–H groups in total. The van der Waals surface area contributed by atoms with E-state index in [4.69, 9.17) is 14.2 Å². The maximum absolute atomic E-state index is 13.4. The molecule has 4 rings (SSSR count). The van der Waals surface area contributed by atoms with Crippen LogP contribution in [0.3, 0.4) is 0 Å². The van der Waals surface area contributed by atoms with Crippen LogP contribution in [0.25, 0.3) is 0 Å². The molecule has 3 aliphatic heterocycles. The van der Waals surface area contributed by atoms with Crippen molar-refractivity contribution in [3.63, 3.8) is 0 Å². The third-order valence-electron chi connectivity index (χ3n) is 11.0. The summed E-state index contributed by atoms with van der Waals surface area (Å²) in [5, 5.41) is 31.4. The Morgan fingerprint density at radius 2 is 1.69 bits per heavy atom. The minimum Gasteiger partial charge on any atom is -0.481 e. The highest BCUT2D eigenvalue weighted by atomic mass is 16.6. The van der Waals surface area contributed by atoms with E-state index in [1.54, 1.807) is 30.1 Å². The zero-order valence-electron chi connectivity index (χ0n) is 31.5. The molecule has 0 unspecified atom stereocenters. The molecule has 52 heavy (non-hydrogen) atoms. The first kappa shape index (κ1) is 41.3. The number of carbonyl (C=O) groups is 4. The quantitative estimate of drug-likeness (QED) is 0.102. The molecule has 13 nitrogen and oxygen atoms in total. The topological polar surface area (TPSA) is 166 Å². The second kappa shape index (κ2) is 19.6. The number of carboxylic acid groups (broad SMARTS) is 1. The third kappa shape index (κ3) is 12.3. The molecular formula is C39H61N3O10. The van der Waals surface area contributed by atoms with Crippen LogP contribution in [0.2, 0.25) is 0 Å². The Morgan fingerprint density at radius 1 is 1.00 bits per heavy atom. The average Bonchev–Trinajstić information content (AvgIpc) is 3.46. The number of aliphatic carboxylic acids is 1. The summed E-state index contributed by atoms with van der Waals surface area (Å²) in [5.41, 5.74) is -0.769. The van der Waals surface area contributed by atoms with Crippen LogP contribution >= 0.6 is 0 Å². The van der Waals surface area contributed by atoms with Gasteiger partial charge in [-0.25, -0.2) is 9.59 Å². The number of rotatable bonds is 8. The van der Waals surface area contributed by atoms with Gasteiger partial charge in [-0.2, -0.15) is 0 Å². The number of cyclic esters (lactones) is 1. The number of hydrogen-bond donors (Lipinski definition) is 3. The summed E-state index contributed by atoms with van der Waals surface area (Å²) >= 11 is 0. The van der Waals surface area contributed by atoms with Gasteiger partial charge in [0.05, 0.1) is 25.0 Å². The summed E-state index contributed by atoms with van der Waals surface area (Å²) in [6, 6.07) is 0.572. The van der Waals surface area contributed by atoms with Crippen molar-refractivity contribution < 1.29 is 48.7 Å². The smallest absolute Gasteiger partial charge is 0.410 e. The summed E-state index contributed by atoms with van der Waals surface area (Å²) in [6.07, 6.45) is 13.1. The number of allylic oxidation sites excluding steroid dienone is 2. The first-order valence-electron chi connectivity index (χ1n) is 19.2. The number of aliphatic hydroxyl groups excluding tert-OH is 1. The van der Waals surface area contributed by atoms with Gasteiger partial charge in [0, 0.05) is 57.1 Å². The van der Waals surface area contributed by atoms with Crippen LogP contribution in [0.1, 0.15) is 91.9 Å². The first-order valence-corrected chi connectivity index (χ1v) is 19.2. The van der Waals surface area contributed by atoms with E-state index in [9.17, 15) is 34.5 Å². The standard InChI is InChI=1S/C39H61N3O10/c1-27(26-50-37(47)42-19-17-30(25-42)36(45)46)10-9-11-28(2)35-29(3)14-15-33(39(4,49)18-16-32(43)24-34(44)52-35)51-38(48)41-22-20-40(21-23-41)31-12-7-5-6-8-13-31/h9-11,14-15,27,29-33,35,43,49H,5-8,12-13,16-26H2,1-4H3,(H,45,46)/b10-9+,15-14+,28-11+/t27-,29+,30+,32+,33+,35-,39+/m1/s1. The fourth-order valence-corrected chi connectivity index (χ4v) is 7.50. The highest BCUT2D eigenvalue weighted by Gasteiger charge is 2.37. The maximum atomic E-state index is 13.4. The number of likely N-dealkylation sites (tertiary alicyclic amines) is 1.